The van der Waals surface area contributed by atoms with Crippen molar-refractivity contribution in [1.29, 1.82) is 0 Å². The predicted molar refractivity (Wildman–Crippen MR) is 38.7 cm³/mol. The van der Waals surface area contributed by atoms with Gasteiger partial charge in [-0.1, -0.05) is 6.92 Å². The molecule has 0 aromatic rings. The second kappa shape index (κ2) is 10.4. The van der Waals surface area contributed by atoms with Crippen molar-refractivity contribution in [3.63, 3.8) is 0 Å². The summed E-state index contributed by atoms with van der Waals surface area (Å²) in [5.74, 6) is -0.212. The number of rotatable bonds is 5. The fraction of sp³-hybridized carbons (Fsp3) is 0.857. The second-order valence-corrected chi connectivity index (χ2v) is 2.05. The number of carbonyl (C=O) groups excluding carboxylic acids is 1. The van der Waals surface area contributed by atoms with Crippen LogP contribution in [-0.4, -0.2) is 24.3 Å². The van der Waals surface area contributed by atoms with E-state index in [9.17, 15) is 4.79 Å². The summed E-state index contributed by atoms with van der Waals surface area (Å²) in [5, 5.41) is 8.33. The van der Waals surface area contributed by atoms with Gasteiger partial charge >= 0.3 is 35.5 Å². The maximum absolute atomic E-state index is 10.6. The number of hydrogen-bond acceptors (Lipinski definition) is 3. The molecule has 0 aromatic heterocycles. The summed E-state index contributed by atoms with van der Waals surface area (Å²) in [6.45, 7) is 2.49. The smallest absolute Gasteiger partial charge is 1.00 e. The number of hydrogen-bond donors (Lipinski definition) is 1. The quantitative estimate of drug-likeness (QED) is 0.377. The van der Waals surface area contributed by atoms with Gasteiger partial charge in [0, 0.05) is 13.0 Å². The fourth-order valence-corrected chi connectivity index (χ4v) is 0.511. The Balaban J connectivity index is -0.000000405. The number of ether oxygens (including phenoxy) is 1. The minimum absolute atomic E-state index is 0. The van der Waals surface area contributed by atoms with E-state index in [2.05, 4.69) is 0 Å². The van der Waals surface area contributed by atoms with Crippen LogP contribution in [0.25, 0.3) is 0 Å². The molecule has 0 aliphatic carbocycles. The van der Waals surface area contributed by atoms with Crippen LogP contribution >= 0.6 is 0 Å². The van der Waals surface area contributed by atoms with Crippen LogP contribution in [0.5, 0.6) is 0 Å². The number of aliphatic hydroxyl groups is 1. The van der Waals surface area contributed by atoms with Gasteiger partial charge in [0.1, 0.15) is 0 Å². The molecule has 0 atom stereocenters. The summed E-state index contributed by atoms with van der Waals surface area (Å²) in [6.07, 6.45) is 1.68. The van der Waals surface area contributed by atoms with Gasteiger partial charge in [0.15, 0.2) is 0 Å². The minimum atomic E-state index is -0.212. The Kier molecular flexibility index (Phi) is 13.3. The molecule has 4 heteroatoms. The first-order chi connectivity index (χ1) is 4.81. The van der Waals surface area contributed by atoms with Crippen LogP contribution in [0.15, 0.2) is 0 Å². The summed E-state index contributed by atoms with van der Waals surface area (Å²) in [5.41, 5.74) is 0. The molecule has 0 aliphatic rings. The molecule has 0 heterocycles. The van der Waals surface area contributed by atoms with Crippen LogP contribution in [0.1, 0.15) is 27.6 Å². The fourth-order valence-electron chi connectivity index (χ4n) is 0.511. The number of aliphatic hydroxyl groups excluding tert-OH is 1. The van der Waals surface area contributed by atoms with E-state index in [0.717, 1.165) is 6.42 Å². The Morgan fingerprint density at radius 3 is 2.73 bits per heavy atom. The maximum atomic E-state index is 10.6. The molecule has 0 radical (unpaired) electrons. The summed E-state index contributed by atoms with van der Waals surface area (Å²) in [4.78, 5) is 10.6. The molecule has 0 spiro atoms. The van der Waals surface area contributed by atoms with E-state index >= 15 is 0 Å². The molecule has 0 amide bonds. The zero-order valence-electron chi connectivity index (χ0n) is 8.30. The average molecular weight is 170 g/mol. The van der Waals surface area contributed by atoms with Gasteiger partial charge < -0.3 is 11.3 Å². The zero-order chi connectivity index (χ0) is 7.82. The van der Waals surface area contributed by atoms with Crippen molar-refractivity contribution in [3.8, 4) is 0 Å². The summed E-state index contributed by atoms with van der Waals surface area (Å²) in [7, 11) is 0. The van der Waals surface area contributed by atoms with Crippen LogP contribution in [0, 0.1) is 0 Å². The molecule has 0 saturated heterocycles. The molecular weight excluding hydrogens is 155 g/mol. The van der Waals surface area contributed by atoms with E-state index in [1.54, 1.807) is 0 Å². The Labute approximate surface area is 90.9 Å². The summed E-state index contributed by atoms with van der Waals surface area (Å²) in [6, 6.07) is 0. The average Bonchev–Trinajstić information content (AvgIpc) is 1.97. The van der Waals surface area contributed by atoms with Gasteiger partial charge in [-0.25, -0.2) is 0 Å². The molecule has 0 unspecified atom stereocenters. The summed E-state index contributed by atoms with van der Waals surface area (Å²) >= 11 is 0. The third-order valence-electron chi connectivity index (χ3n) is 1.01. The molecule has 0 saturated carbocycles. The normalized spacial score (nSPS) is 8.55. The standard InChI is InChI=1S/C7H14O3.Na.H/c1-2-6-10-7(9)4-3-5-8;;/h8H,2-6H2,1H3;;/q;+1;-1. The molecule has 0 bridgehead atoms. The van der Waals surface area contributed by atoms with Crippen molar-refractivity contribution in [3.05, 3.63) is 0 Å². The van der Waals surface area contributed by atoms with Gasteiger partial charge in [0.25, 0.3) is 0 Å². The van der Waals surface area contributed by atoms with Gasteiger partial charge in [-0.3, -0.25) is 4.79 Å². The first-order valence-electron chi connectivity index (χ1n) is 3.57. The van der Waals surface area contributed by atoms with Crippen molar-refractivity contribution >= 4 is 5.97 Å². The molecule has 0 aromatic carbocycles. The van der Waals surface area contributed by atoms with E-state index in [0.29, 0.717) is 19.4 Å². The Hall–Kier alpha value is 0.430. The third-order valence-corrected chi connectivity index (χ3v) is 1.01. The molecule has 11 heavy (non-hydrogen) atoms. The van der Waals surface area contributed by atoms with Crippen molar-refractivity contribution in [1.82, 2.24) is 0 Å². The van der Waals surface area contributed by atoms with Crippen LogP contribution < -0.4 is 29.6 Å². The van der Waals surface area contributed by atoms with Crippen LogP contribution in [0.4, 0.5) is 0 Å². The Morgan fingerprint density at radius 1 is 1.64 bits per heavy atom. The molecule has 3 nitrogen and oxygen atoms in total. The maximum Gasteiger partial charge on any atom is 1.00 e. The first kappa shape index (κ1) is 14.0. The van der Waals surface area contributed by atoms with E-state index in [4.69, 9.17) is 9.84 Å². The third kappa shape index (κ3) is 10.4. The molecular formula is C7H15NaO3. The van der Waals surface area contributed by atoms with Gasteiger partial charge in [0.05, 0.1) is 6.61 Å². The molecule has 62 valence electrons. The topological polar surface area (TPSA) is 46.5 Å². The molecule has 0 aliphatic heterocycles. The monoisotopic (exact) mass is 170 g/mol. The molecule has 0 rings (SSSR count). The minimum Gasteiger partial charge on any atom is -1.00 e. The van der Waals surface area contributed by atoms with Gasteiger partial charge in [-0.15, -0.1) is 0 Å². The molecule has 1 N–H and O–H groups in total. The van der Waals surface area contributed by atoms with Crippen molar-refractivity contribution < 1.29 is 45.6 Å². The van der Waals surface area contributed by atoms with Crippen molar-refractivity contribution in [2.24, 2.45) is 0 Å². The number of esters is 1. The van der Waals surface area contributed by atoms with Gasteiger partial charge in [-0.2, -0.15) is 0 Å². The second-order valence-electron chi connectivity index (χ2n) is 2.05. The largest absolute Gasteiger partial charge is 1.00 e. The van der Waals surface area contributed by atoms with Crippen molar-refractivity contribution in [2.45, 2.75) is 26.2 Å². The van der Waals surface area contributed by atoms with E-state index < -0.39 is 0 Å². The SMILES string of the molecule is CCCOC(=O)CCCO.[H-].[Na+]. The number of carbonyl (C=O) groups is 1. The van der Waals surface area contributed by atoms with Gasteiger partial charge in [0.2, 0.25) is 0 Å². The van der Waals surface area contributed by atoms with E-state index in [1.807, 2.05) is 6.92 Å². The first-order valence-corrected chi connectivity index (χ1v) is 3.57. The zero-order valence-corrected chi connectivity index (χ0v) is 9.30. The Bertz CT molecular complexity index is 90.7. The van der Waals surface area contributed by atoms with E-state index in [1.165, 1.54) is 0 Å². The van der Waals surface area contributed by atoms with Gasteiger partial charge in [-0.05, 0) is 12.8 Å². The van der Waals surface area contributed by atoms with Crippen LogP contribution in [0.3, 0.4) is 0 Å². The predicted octanol–water partition coefficient (Wildman–Crippen LogP) is -2.17. The van der Waals surface area contributed by atoms with E-state index in [-0.39, 0.29) is 43.6 Å². The van der Waals surface area contributed by atoms with Crippen molar-refractivity contribution in [2.75, 3.05) is 13.2 Å². The van der Waals surface area contributed by atoms with Crippen LogP contribution in [-0.2, 0) is 9.53 Å². The summed E-state index contributed by atoms with van der Waals surface area (Å²) < 4.78 is 4.74. The Morgan fingerprint density at radius 2 is 2.27 bits per heavy atom. The molecule has 0 fully saturated rings. The van der Waals surface area contributed by atoms with Crippen LogP contribution in [0.2, 0.25) is 0 Å².